The second-order valence-electron chi connectivity index (χ2n) is 4.37. The summed E-state index contributed by atoms with van der Waals surface area (Å²) in [6.07, 6.45) is 1.84. The van der Waals surface area contributed by atoms with Crippen LogP contribution in [0.1, 0.15) is 18.9 Å². The minimum Gasteiger partial charge on any atom is -0.481 e. The maximum Gasteiger partial charge on any atom is 0.216 e. The van der Waals surface area contributed by atoms with E-state index in [2.05, 4.69) is 17.1 Å². The second-order valence-corrected chi connectivity index (χ2v) is 4.37. The first-order valence-corrected chi connectivity index (χ1v) is 5.89. The van der Waals surface area contributed by atoms with Gasteiger partial charge in [0.1, 0.15) is 0 Å². The van der Waals surface area contributed by atoms with Gasteiger partial charge in [0.2, 0.25) is 5.88 Å². The topological polar surface area (TPSA) is 48.1 Å². The van der Waals surface area contributed by atoms with Crippen molar-refractivity contribution in [3.8, 4) is 5.88 Å². The summed E-state index contributed by atoms with van der Waals surface area (Å²) in [5.41, 5.74) is 7.88. The van der Waals surface area contributed by atoms with Gasteiger partial charge in [-0.15, -0.1) is 0 Å². The first kappa shape index (κ1) is 11.9. The molecule has 0 saturated heterocycles. The molecule has 0 aliphatic rings. The zero-order valence-corrected chi connectivity index (χ0v) is 10.3. The van der Waals surface area contributed by atoms with Gasteiger partial charge < -0.3 is 10.5 Å². The standard InChI is InChI=1S/C14H18N2O/c1-10(15)7-8-12-9-11-5-3-4-6-13(11)16-14(12)17-2/h3-6,9-10H,7-8,15H2,1-2H3/t10-/m0/s1. The van der Waals surface area contributed by atoms with E-state index in [-0.39, 0.29) is 6.04 Å². The van der Waals surface area contributed by atoms with Crippen molar-refractivity contribution in [3.63, 3.8) is 0 Å². The van der Waals surface area contributed by atoms with Crippen LogP contribution in [0.2, 0.25) is 0 Å². The van der Waals surface area contributed by atoms with Crippen molar-refractivity contribution in [3.05, 3.63) is 35.9 Å². The fraction of sp³-hybridized carbons (Fsp3) is 0.357. The summed E-state index contributed by atoms with van der Waals surface area (Å²) in [6.45, 7) is 2.01. The Morgan fingerprint density at radius 1 is 1.35 bits per heavy atom. The van der Waals surface area contributed by atoms with Gasteiger partial charge in [0.15, 0.2) is 0 Å². The first-order valence-electron chi connectivity index (χ1n) is 5.89. The van der Waals surface area contributed by atoms with Crippen molar-refractivity contribution in [2.45, 2.75) is 25.8 Å². The number of para-hydroxylation sites is 1. The number of ether oxygens (including phenoxy) is 1. The third kappa shape index (κ3) is 2.74. The average Bonchev–Trinajstić information content (AvgIpc) is 2.35. The number of benzene rings is 1. The Hall–Kier alpha value is -1.61. The molecule has 2 aromatic rings. The molecule has 0 amide bonds. The number of nitrogens with two attached hydrogens (primary N) is 1. The monoisotopic (exact) mass is 230 g/mol. The predicted octanol–water partition coefficient (Wildman–Crippen LogP) is 2.52. The van der Waals surface area contributed by atoms with Gasteiger partial charge >= 0.3 is 0 Å². The van der Waals surface area contributed by atoms with Crippen molar-refractivity contribution in [1.29, 1.82) is 0 Å². The Labute approximate surface area is 102 Å². The molecule has 0 fully saturated rings. The summed E-state index contributed by atoms with van der Waals surface area (Å²) in [4.78, 5) is 4.51. The minimum atomic E-state index is 0.200. The van der Waals surface area contributed by atoms with Gasteiger partial charge in [0.25, 0.3) is 0 Å². The summed E-state index contributed by atoms with van der Waals surface area (Å²) in [5.74, 6) is 0.712. The van der Waals surface area contributed by atoms with Crippen LogP contribution < -0.4 is 10.5 Å². The minimum absolute atomic E-state index is 0.200. The van der Waals surface area contributed by atoms with E-state index in [4.69, 9.17) is 10.5 Å². The van der Waals surface area contributed by atoms with Gasteiger partial charge in [-0.1, -0.05) is 18.2 Å². The quantitative estimate of drug-likeness (QED) is 0.878. The molecule has 3 heteroatoms. The van der Waals surface area contributed by atoms with E-state index in [1.807, 2.05) is 25.1 Å². The molecule has 17 heavy (non-hydrogen) atoms. The number of aromatic nitrogens is 1. The van der Waals surface area contributed by atoms with Gasteiger partial charge in [-0.05, 0) is 31.9 Å². The maximum absolute atomic E-state index is 5.78. The molecule has 1 atom stereocenters. The molecule has 0 aliphatic heterocycles. The molecule has 0 aliphatic carbocycles. The highest BCUT2D eigenvalue weighted by Gasteiger charge is 2.07. The highest BCUT2D eigenvalue weighted by atomic mass is 16.5. The van der Waals surface area contributed by atoms with E-state index in [9.17, 15) is 0 Å². The van der Waals surface area contributed by atoms with Gasteiger partial charge in [-0.2, -0.15) is 0 Å². The van der Waals surface area contributed by atoms with Gasteiger partial charge in [-0.25, -0.2) is 4.98 Å². The number of methoxy groups -OCH3 is 1. The molecule has 0 saturated carbocycles. The molecule has 0 bridgehead atoms. The highest BCUT2D eigenvalue weighted by molar-refractivity contribution is 5.80. The van der Waals surface area contributed by atoms with Crippen molar-refractivity contribution in [2.24, 2.45) is 5.73 Å². The van der Waals surface area contributed by atoms with Crippen LogP contribution in [0.4, 0.5) is 0 Å². The van der Waals surface area contributed by atoms with Crippen LogP contribution in [0, 0.1) is 0 Å². The Morgan fingerprint density at radius 2 is 2.12 bits per heavy atom. The first-order chi connectivity index (χ1) is 8.20. The van der Waals surface area contributed by atoms with Crippen molar-refractivity contribution >= 4 is 10.9 Å². The van der Waals surface area contributed by atoms with E-state index in [1.165, 1.54) is 0 Å². The zero-order valence-electron chi connectivity index (χ0n) is 10.3. The maximum atomic E-state index is 5.78. The Kier molecular flexibility index (Phi) is 3.59. The molecular formula is C14H18N2O. The molecule has 1 aromatic heterocycles. The van der Waals surface area contributed by atoms with Crippen molar-refractivity contribution in [1.82, 2.24) is 4.98 Å². The molecular weight excluding hydrogens is 212 g/mol. The van der Waals surface area contributed by atoms with Crippen LogP contribution >= 0.6 is 0 Å². The Morgan fingerprint density at radius 3 is 2.82 bits per heavy atom. The number of hydrogen-bond acceptors (Lipinski definition) is 3. The molecule has 0 radical (unpaired) electrons. The molecule has 90 valence electrons. The van der Waals surface area contributed by atoms with Crippen LogP contribution in [0.3, 0.4) is 0 Å². The summed E-state index contributed by atoms with van der Waals surface area (Å²) in [7, 11) is 1.66. The zero-order chi connectivity index (χ0) is 12.3. The number of pyridine rings is 1. The highest BCUT2D eigenvalue weighted by Crippen LogP contribution is 2.23. The molecule has 1 aromatic carbocycles. The van der Waals surface area contributed by atoms with Crippen LogP contribution in [0.5, 0.6) is 5.88 Å². The molecule has 0 unspecified atom stereocenters. The van der Waals surface area contributed by atoms with Crippen LogP contribution in [0.15, 0.2) is 30.3 Å². The van der Waals surface area contributed by atoms with E-state index in [1.54, 1.807) is 7.11 Å². The van der Waals surface area contributed by atoms with E-state index in [0.29, 0.717) is 5.88 Å². The summed E-state index contributed by atoms with van der Waals surface area (Å²) in [5, 5.41) is 1.15. The summed E-state index contributed by atoms with van der Waals surface area (Å²) < 4.78 is 5.33. The van der Waals surface area contributed by atoms with Crippen molar-refractivity contribution < 1.29 is 4.74 Å². The van der Waals surface area contributed by atoms with E-state index < -0.39 is 0 Å². The Bertz CT molecular complexity index is 509. The lowest BCUT2D eigenvalue weighted by Crippen LogP contribution is -2.15. The lowest BCUT2D eigenvalue weighted by atomic mass is 10.1. The number of hydrogen-bond donors (Lipinski definition) is 1. The van der Waals surface area contributed by atoms with Gasteiger partial charge in [0.05, 0.1) is 12.6 Å². The van der Waals surface area contributed by atoms with Crippen LogP contribution in [0.25, 0.3) is 10.9 Å². The van der Waals surface area contributed by atoms with Crippen LogP contribution in [-0.4, -0.2) is 18.1 Å². The van der Waals surface area contributed by atoms with E-state index >= 15 is 0 Å². The molecule has 1 heterocycles. The third-order valence-electron chi connectivity index (χ3n) is 2.83. The lowest BCUT2D eigenvalue weighted by Gasteiger charge is -2.10. The van der Waals surface area contributed by atoms with Crippen LogP contribution in [-0.2, 0) is 6.42 Å². The molecule has 2 rings (SSSR count). The number of rotatable bonds is 4. The Balaban J connectivity index is 2.38. The fourth-order valence-electron chi connectivity index (χ4n) is 1.88. The predicted molar refractivity (Wildman–Crippen MR) is 70.3 cm³/mol. The smallest absolute Gasteiger partial charge is 0.216 e. The summed E-state index contributed by atoms with van der Waals surface area (Å²) in [6, 6.07) is 10.4. The molecule has 2 N–H and O–H groups in total. The van der Waals surface area contributed by atoms with Crippen molar-refractivity contribution in [2.75, 3.05) is 7.11 Å². The van der Waals surface area contributed by atoms with Gasteiger partial charge in [0, 0.05) is 17.0 Å². The normalized spacial score (nSPS) is 12.6. The average molecular weight is 230 g/mol. The summed E-state index contributed by atoms with van der Waals surface area (Å²) >= 11 is 0. The number of fused-ring (bicyclic) bond motifs is 1. The number of nitrogens with zero attached hydrogens (tertiary/aromatic N) is 1. The van der Waals surface area contributed by atoms with Gasteiger partial charge in [-0.3, -0.25) is 0 Å². The fourth-order valence-corrected chi connectivity index (χ4v) is 1.88. The number of aryl methyl sites for hydroxylation is 1. The third-order valence-corrected chi connectivity index (χ3v) is 2.83. The second kappa shape index (κ2) is 5.15. The molecule has 3 nitrogen and oxygen atoms in total. The largest absolute Gasteiger partial charge is 0.481 e. The van der Waals surface area contributed by atoms with E-state index in [0.717, 1.165) is 29.3 Å². The lowest BCUT2D eigenvalue weighted by molar-refractivity contribution is 0.393. The molecule has 0 spiro atoms. The SMILES string of the molecule is COc1nc2ccccc2cc1CC[C@H](C)N.